The van der Waals surface area contributed by atoms with E-state index in [1.165, 1.54) is 11.8 Å². The third kappa shape index (κ3) is 4.86. The molecule has 7 heteroatoms. The van der Waals surface area contributed by atoms with E-state index < -0.39 is 5.97 Å². The second-order valence-electron chi connectivity index (χ2n) is 5.55. The van der Waals surface area contributed by atoms with Crippen molar-refractivity contribution < 1.29 is 19.4 Å². The number of carboxylic acid groups (broad SMARTS) is 1. The summed E-state index contributed by atoms with van der Waals surface area (Å²) < 4.78 is 5.31. The Kier molecular flexibility index (Phi) is 6.33. The predicted molar refractivity (Wildman–Crippen MR) is 89.9 cm³/mol. The van der Waals surface area contributed by atoms with Gasteiger partial charge in [-0.1, -0.05) is 11.6 Å². The number of nitrogens with zero attached hydrogens (tertiary/aromatic N) is 1. The van der Waals surface area contributed by atoms with Crippen LogP contribution >= 0.6 is 23.4 Å². The molecule has 1 heterocycles. The van der Waals surface area contributed by atoms with E-state index in [4.69, 9.17) is 21.4 Å². The van der Waals surface area contributed by atoms with Crippen LogP contribution < -0.4 is 0 Å². The number of likely N-dealkylation sites (tertiary alicyclic amines) is 1. The summed E-state index contributed by atoms with van der Waals surface area (Å²) in [5.41, 5.74) is 0. The van der Waals surface area contributed by atoms with Crippen LogP contribution in [0.5, 0.6) is 0 Å². The quantitative estimate of drug-likeness (QED) is 0.793. The van der Waals surface area contributed by atoms with Gasteiger partial charge in [0.1, 0.15) is 0 Å². The first kappa shape index (κ1) is 18.1. The monoisotopic (exact) mass is 357 g/mol. The average Bonchev–Trinajstić information content (AvgIpc) is 2.91. The van der Waals surface area contributed by atoms with Gasteiger partial charge in [0.2, 0.25) is 5.91 Å². The lowest BCUT2D eigenvalue weighted by atomic mass is 10.1. The molecular formula is C16H20ClNO4S. The van der Waals surface area contributed by atoms with Crippen LogP contribution in [0.3, 0.4) is 0 Å². The number of carbonyl (C=O) groups is 2. The maximum absolute atomic E-state index is 12.7. The molecule has 3 unspecified atom stereocenters. The first-order valence-corrected chi connectivity index (χ1v) is 8.63. The third-order valence-corrected chi connectivity index (χ3v) is 5.23. The molecule has 126 valence electrons. The van der Waals surface area contributed by atoms with Crippen LogP contribution in [0, 0.1) is 0 Å². The highest BCUT2D eigenvalue weighted by molar-refractivity contribution is 8.00. The van der Waals surface area contributed by atoms with Crippen molar-refractivity contribution in [1.29, 1.82) is 0 Å². The Morgan fingerprint density at radius 3 is 2.65 bits per heavy atom. The first-order valence-electron chi connectivity index (χ1n) is 7.38. The molecule has 1 aliphatic heterocycles. The van der Waals surface area contributed by atoms with Crippen LogP contribution in [0.25, 0.3) is 0 Å². The zero-order valence-corrected chi connectivity index (χ0v) is 14.6. The average molecular weight is 358 g/mol. The minimum Gasteiger partial charge on any atom is -0.481 e. The minimum atomic E-state index is -0.900. The molecule has 0 aromatic heterocycles. The number of amides is 1. The Hall–Kier alpha value is -1.24. The maximum Gasteiger partial charge on any atom is 0.305 e. The number of ether oxygens (including phenoxy) is 1. The van der Waals surface area contributed by atoms with E-state index in [-0.39, 0.29) is 29.7 Å². The van der Waals surface area contributed by atoms with E-state index in [1.807, 2.05) is 19.1 Å². The van der Waals surface area contributed by atoms with Gasteiger partial charge in [0.25, 0.3) is 0 Å². The fraction of sp³-hybridized carbons (Fsp3) is 0.500. The van der Waals surface area contributed by atoms with Crippen molar-refractivity contribution in [3.63, 3.8) is 0 Å². The summed E-state index contributed by atoms with van der Waals surface area (Å²) in [5.74, 6) is -0.960. The molecule has 5 nitrogen and oxygen atoms in total. The van der Waals surface area contributed by atoms with E-state index in [0.717, 1.165) is 4.90 Å². The number of aliphatic carboxylic acids is 1. The van der Waals surface area contributed by atoms with Gasteiger partial charge >= 0.3 is 5.97 Å². The fourth-order valence-electron chi connectivity index (χ4n) is 2.71. The Labute approximate surface area is 144 Å². The molecule has 1 saturated heterocycles. The summed E-state index contributed by atoms with van der Waals surface area (Å²) in [6, 6.07) is 7.00. The van der Waals surface area contributed by atoms with E-state index in [0.29, 0.717) is 18.0 Å². The molecule has 2 rings (SSSR count). The van der Waals surface area contributed by atoms with Gasteiger partial charge in [0.15, 0.2) is 0 Å². The molecule has 0 saturated carbocycles. The lowest BCUT2D eigenvalue weighted by Crippen LogP contribution is -2.41. The normalized spacial score (nSPS) is 22.1. The highest BCUT2D eigenvalue weighted by Crippen LogP contribution is 2.29. The zero-order valence-electron chi connectivity index (χ0n) is 13.1. The molecule has 0 spiro atoms. The number of methoxy groups -OCH3 is 1. The van der Waals surface area contributed by atoms with Crippen molar-refractivity contribution in [1.82, 2.24) is 4.90 Å². The molecule has 1 aromatic rings. The van der Waals surface area contributed by atoms with Crippen molar-refractivity contribution in [3.8, 4) is 0 Å². The molecule has 0 radical (unpaired) electrons. The molecule has 23 heavy (non-hydrogen) atoms. The van der Waals surface area contributed by atoms with Gasteiger partial charge in [-0.2, -0.15) is 0 Å². The van der Waals surface area contributed by atoms with Crippen LogP contribution in [0.15, 0.2) is 29.2 Å². The summed E-state index contributed by atoms with van der Waals surface area (Å²) in [4.78, 5) is 26.3. The Bertz CT molecular complexity index is 566. The van der Waals surface area contributed by atoms with Gasteiger partial charge in [-0.15, -0.1) is 11.8 Å². The number of halogens is 1. The van der Waals surface area contributed by atoms with Crippen molar-refractivity contribution >= 4 is 35.2 Å². The zero-order chi connectivity index (χ0) is 17.0. The summed E-state index contributed by atoms with van der Waals surface area (Å²) >= 11 is 7.30. The summed E-state index contributed by atoms with van der Waals surface area (Å²) in [6.07, 6.45) is 0.410. The topological polar surface area (TPSA) is 66.8 Å². The molecular weight excluding hydrogens is 338 g/mol. The Morgan fingerprint density at radius 1 is 1.43 bits per heavy atom. The lowest BCUT2D eigenvalue weighted by molar-refractivity contribution is -0.139. The van der Waals surface area contributed by atoms with Crippen molar-refractivity contribution in [2.75, 3.05) is 13.7 Å². The molecule has 1 N–H and O–H groups in total. The fourth-order valence-corrected chi connectivity index (χ4v) is 3.77. The van der Waals surface area contributed by atoms with Crippen LogP contribution in [-0.2, 0) is 14.3 Å². The molecule has 3 atom stereocenters. The molecule has 1 fully saturated rings. The largest absolute Gasteiger partial charge is 0.481 e. The Morgan fingerprint density at radius 2 is 2.09 bits per heavy atom. The number of carbonyl (C=O) groups excluding carboxylic acids is 1. The second kappa shape index (κ2) is 8.04. The van der Waals surface area contributed by atoms with Crippen LogP contribution in [0.2, 0.25) is 5.02 Å². The number of hydrogen-bond donors (Lipinski definition) is 1. The molecule has 1 aromatic carbocycles. The maximum atomic E-state index is 12.7. The van der Waals surface area contributed by atoms with E-state index in [2.05, 4.69) is 0 Å². The van der Waals surface area contributed by atoms with Crippen molar-refractivity contribution in [2.24, 2.45) is 0 Å². The highest BCUT2D eigenvalue weighted by Gasteiger charge is 2.38. The number of carboxylic acids is 1. The van der Waals surface area contributed by atoms with Crippen LogP contribution in [0.4, 0.5) is 0 Å². The Balaban J connectivity index is 2.03. The second-order valence-corrected chi connectivity index (χ2v) is 7.40. The van der Waals surface area contributed by atoms with Gasteiger partial charge in [-0.25, -0.2) is 0 Å². The van der Waals surface area contributed by atoms with Crippen LogP contribution in [0.1, 0.15) is 19.8 Å². The van der Waals surface area contributed by atoms with E-state index in [1.54, 1.807) is 24.1 Å². The van der Waals surface area contributed by atoms with Gasteiger partial charge in [0.05, 0.1) is 17.8 Å². The van der Waals surface area contributed by atoms with Gasteiger partial charge in [-0.3, -0.25) is 9.59 Å². The van der Waals surface area contributed by atoms with Gasteiger partial charge in [-0.05, 0) is 37.6 Å². The third-order valence-electron chi connectivity index (χ3n) is 3.88. The first-order chi connectivity index (χ1) is 10.9. The lowest BCUT2D eigenvalue weighted by Gasteiger charge is -2.26. The molecule has 0 bridgehead atoms. The number of benzene rings is 1. The number of hydrogen-bond acceptors (Lipinski definition) is 4. The smallest absolute Gasteiger partial charge is 0.305 e. The standard InChI is InChI=1S/C16H20ClNO4S/c1-10(23-14-5-3-11(17)4-6-14)16(21)18-9-13(22-2)7-12(18)8-15(19)20/h3-6,10,12-13H,7-9H2,1-2H3,(H,19,20). The SMILES string of the molecule is COC1CC(CC(=O)O)N(C(=O)C(C)Sc2ccc(Cl)cc2)C1. The van der Waals surface area contributed by atoms with Crippen molar-refractivity contribution in [2.45, 2.75) is 42.1 Å². The van der Waals surface area contributed by atoms with Gasteiger partial charge < -0.3 is 14.7 Å². The highest BCUT2D eigenvalue weighted by atomic mass is 35.5. The number of rotatable bonds is 6. The summed E-state index contributed by atoms with van der Waals surface area (Å²) in [6.45, 7) is 2.28. The minimum absolute atomic E-state index is 0.0517. The van der Waals surface area contributed by atoms with Gasteiger partial charge in [0, 0.05) is 29.6 Å². The van der Waals surface area contributed by atoms with Crippen LogP contribution in [-0.4, -0.2) is 52.9 Å². The summed E-state index contributed by atoms with van der Waals surface area (Å²) in [7, 11) is 1.59. The molecule has 1 aliphatic rings. The summed E-state index contributed by atoms with van der Waals surface area (Å²) in [5, 5.41) is 9.38. The van der Waals surface area contributed by atoms with Crippen molar-refractivity contribution in [3.05, 3.63) is 29.3 Å². The molecule has 1 amide bonds. The van der Waals surface area contributed by atoms with E-state index >= 15 is 0 Å². The number of thioether (sulfide) groups is 1. The van der Waals surface area contributed by atoms with E-state index in [9.17, 15) is 9.59 Å². The predicted octanol–water partition coefficient (Wildman–Crippen LogP) is 2.91. The molecule has 0 aliphatic carbocycles.